The van der Waals surface area contributed by atoms with Crippen LogP contribution >= 0.6 is 11.8 Å². The lowest BCUT2D eigenvalue weighted by atomic mass is 10.3. The van der Waals surface area contributed by atoms with Gasteiger partial charge >= 0.3 is 0 Å². The van der Waals surface area contributed by atoms with E-state index >= 15 is 0 Å². The van der Waals surface area contributed by atoms with Gasteiger partial charge in [-0.05, 0) is 60.7 Å². The SMILES string of the molecule is Nc1ccccc1.Nc1ccccc1.Nc1ccccc1.Nc1ccccc1.c1ccc2c(c1)S2. The second-order valence-electron chi connectivity index (χ2n) is 7.19. The molecule has 5 heteroatoms. The summed E-state index contributed by atoms with van der Waals surface area (Å²) < 4.78 is 0. The largest absolute Gasteiger partial charge is 0.399 e. The van der Waals surface area contributed by atoms with Crippen LogP contribution in [-0.2, 0) is 0 Å². The number of benzene rings is 5. The zero-order valence-corrected chi connectivity index (χ0v) is 20.4. The van der Waals surface area contributed by atoms with Gasteiger partial charge in [-0.15, -0.1) is 0 Å². The number of hydrogen-bond donors (Lipinski definition) is 4. The molecule has 0 fully saturated rings. The fraction of sp³-hybridized carbons (Fsp3) is 0. The monoisotopic (exact) mass is 480 g/mol. The third-order valence-corrected chi connectivity index (χ3v) is 5.17. The van der Waals surface area contributed by atoms with Gasteiger partial charge in [0.2, 0.25) is 0 Å². The first kappa shape index (κ1) is 26.9. The lowest BCUT2D eigenvalue weighted by Gasteiger charge is -1.83. The maximum atomic E-state index is 5.36. The van der Waals surface area contributed by atoms with Crippen molar-refractivity contribution in [3.63, 3.8) is 0 Å². The minimum absolute atomic E-state index is 0.822. The van der Waals surface area contributed by atoms with Gasteiger partial charge in [0.25, 0.3) is 0 Å². The van der Waals surface area contributed by atoms with Crippen LogP contribution in [-0.4, -0.2) is 0 Å². The summed E-state index contributed by atoms with van der Waals surface area (Å²) in [6.07, 6.45) is 0. The number of rotatable bonds is 0. The van der Waals surface area contributed by atoms with Gasteiger partial charge < -0.3 is 22.9 Å². The zero-order chi connectivity index (χ0) is 25.1. The minimum atomic E-state index is 0.822. The highest BCUT2D eigenvalue weighted by atomic mass is 32.2. The van der Waals surface area contributed by atoms with Crippen molar-refractivity contribution in [3.8, 4) is 0 Å². The second kappa shape index (κ2) is 16.3. The highest BCUT2D eigenvalue weighted by Gasteiger charge is 2.14. The van der Waals surface area contributed by atoms with Gasteiger partial charge in [0, 0.05) is 32.5 Å². The van der Waals surface area contributed by atoms with Crippen LogP contribution in [0.25, 0.3) is 0 Å². The van der Waals surface area contributed by atoms with Gasteiger partial charge in [0.1, 0.15) is 0 Å². The van der Waals surface area contributed by atoms with Crippen LogP contribution in [0.5, 0.6) is 0 Å². The van der Waals surface area contributed by atoms with Crippen molar-refractivity contribution in [2.45, 2.75) is 9.79 Å². The van der Waals surface area contributed by atoms with Gasteiger partial charge in [-0.2, -0.15) is 0 Å². The Balaban J connectivity index is 0.000000154. The molecule has 178 valence electrons. The highest BCUT2D eigenvalue weighted by molar-refractivity contribution is 8.04. The Morgan fingerprint density at radius 1 is 0.286 bits per heavy atom. The number of fused-ring (bicyclic) bond motifs is 1. The van der Waals surface area contributed by atoms with Crippen LogP contribution in [0.2, 0.25) is 0 Å². The molecule has 0 radical (unpaired) electrons. The standard InChI is InChI=1S/4C6H7N.C6H4S/c4*7-6-4-2-1-3-5-6;1-2-4-6-5(3-1)7-6/h4*1-5H,7H2;1-4H. The molecule has 0 bridgehead atoms. The molecule has 6 rings (SSSR count). The lowest BCUT2D eigenvalue weighted by Crippen LogP contribution is -1.79. The van der Waals surface area contributed by atoms with E-state index in [4.69, 9.17) is 22.9 Å². The van der Waals surface area contributed by atoms with Crippen LogP contribution in [0.1, 0.15) is 0 Å². The molecule has 4 nitrogen and oxygen atoms in total. The summed E-state index contributed by atoms with van der Waals surface area (Å²) in [5, 5.41) is 0. The van der Waals surface area contributed by atoms with Gasteiger partial charge in [0.15, 0.2) is 0 Å². The highest BCUT2D eigenvalue weighted by Crippen LogP contribution is 2.47. The predicted octanol–water partition coefficient (Wildman–Crippen LogP) is 7.23. The average Bonchev–Trinajstić information content (AvgIpc) is 3.68. The van der Waals surface area contributed by atoms with Crippen molar-refractivity contribution in [1.29, 1.82) is 0 Å². The van der Waals surface area contributed by atoms with E-state index in [0.717, 1.165) is 22.7 Å². The molecular formula is C30H32N4S. The van der Waals surface area contributed by atoms with Gasteiger partial charge in [-0.3, -0.25) is 0 Å². The Morgan fingerprint density at radius 3 is 0.629 bits per heavy atom. The van der Waals surface area contributed by atoms with Crippen molar-refractivity contribution in [2.24, 2.45) is 0 Å². The molecule has 0 aromatic heterocycles. The zero-order valence-electron chi connectivity index (χ0n) is 19.6. The van der Waals surface area contributed by atoms with Crippen LogP contribution in [0.15, 0.2) is 155 Å². The van der Waals surface area contributed by atoms with E-state index in [9.17, 15) is 0 Å². The number of nitrogen functional groups attached to an aromatic ring is 4. The molecule has 0 amide bonds. The van der Waals surface area contributed by atoms with Crippen molar-refractivity contribution in [2.75, 3.05) is 22.9 Å². The molecule has 8 N–H and O–H groups in total. The third kappa shape index (κ3) is 13.7. The summed E-state index contributed by atoms with van der Waals surface area (Å²) in [5.41, 5.74) is 24.7. The molecule has 0 saturated heterocycles. The number of hydrogen-bond acceptors (Lipinski definition) is 5. The molecule has 0 atom stereocenters. The Hall–Kier alpha value is -4.35. The summed E-state index contributed by atoms with van der Waals surface area (Å²) in [5.74, 6) is 0. The van der Waals surface area contributed by atoms with Crippen LogP contribution in [0, 0.1) is 0 Å². The quantitative estimate of drug-likeness (QED) is 0.136. The summed E-state index contributed by atoms with van der Waals surface area (Å²) in [6, 6.07) is 46.4. The Labute approximate surface area is 212 Å². The molecule has 1 aliphatic heterocycles. The topological polar surface area (TPSA) is 104 Å². The van der Waals surface area contributed by atoms with Crippen molar-refractivity contribution < 1.29 is 0 Å². The van der Waals surface area contributed by atoms with E-state index in [-0.39, 0.29) is 0 Å². The van der Waals surface area contributed by atoms with Crippen molar-refractivity contribution in [1.82, 2.24) is 0 Å². The van der Waals surface area contributed by atoms with Gasteiger partial charge in [0.05, 0.1) is 0 Å². The first-order valence-corrected chi connectivity index (χ1v) is 11.8. The van der Waals surface area contributed by atoms with E-state index in [2.05, 4.69) is 24.3 Å². The molecule has 5 aromatic carbocycles. The molecular weight excluding hydrogens is 448 g/mol. The molecule has 0 unspecified atom stereocenters. The third-order valence-electron chi connectivity index (χ3n) is 4.23. The Bertz CT molecular complexity index is 994. The normalized spacial score (nSPS) is 9.49. The summed E-state index contributed by atoms with van der Waals surface area (Å²) in [4.78, 5) is 2.89. The molecule has 1 heterocycles. The summed E-state index contributed by atoms with van der Waals surface area (Å²) >= 11 is 1.86. The summed E-state index contributed by atoms with van der Waals surface area (Å²) in [7, 11) is 0. The van der Waals surface area contributed by atoms with Crippen molar-refractivity contribution in [3.05, 3.63) is 146 Å². The fourth-order valence-electron chi connectivity index (χ4n) is 2.42. The Kier molecular flexibility index (Phi) is 12.5. The van der Waals surface area contributed by atoms with Crippen molar-refractivity contribution >= 4 is 34.5 Å². The molecule has 5 aromatic rings. The van der Waals surface area contributed by atoms with E-state index in [1.54, 1.807) is 0 Å². The predicted molar refractivity (Wildman–Crippen MR) is 154 cm³/mol. The Morgan fingerprint density at radius 2 is 0.486 bits per heavy atom. The second-order valence-corrected chi connectivity index (χ2v) is 8.28. The number of nitrogens with two attached hydrogens (primary N) is 4. The number of para-hydroxylation sites is 4. The number of anilines is 4. The average molecular weight is 481 g/mol. The molecule has 35 heavy (non-hydrogen) atoms. The van der Waals surface area contributed by atoms with E-state index in [1.807, 2.05) is 133 Å². The smallest absolute Gasteiger partial charge is 0.0313 e. The summed E-state index contributed by atoms with van der Waals surface area (Å²) in [6.45, 7) is 0. The first-order valence-electron chi connectivity index (χ1n) is 11.0. The lowest BCUT2D eigenvalue weighted by molar-refractivity contribution is 1.38. The van der Waals surface area contributed by atoms with E-state index in [1.165, 1.54) is 9.79 Å². The van der Waals surface area contributed by atoms with Crippen LogP contribution < -0.4 is 22.9 Å². The van der Waals surface area contributed by atoms with E-state index in [0.29, 0.717) is 0 Å². The molecule has 0 spiro atoms. The van der Waals surface area contributed by atoms with Crippen LogP contribution in [0.4, 0.5) is 22.7 Å². The maximum absolute atomic E-state index is 5.36. The molecule has 0 saturated carbocycles. The maximum Gasteiger partial charge on any atom is 0.0313 e. The molecule has 1 aliphatic rings. The van der Waals surface area contributed by atoms with Crippen LogP contribution in [0.3, 0.4) is 0 Å². The fourth-order valence-corrected chi connectivity index (χ4v) is 3.04. The van der Waals surface area contributed by atoms with E-state index < -0.39 is 0 Å². The van der Waals surface area contributed by atoms with Gasteiger partial charge in [-0.25, -0.2) is 0 Å². The minimum Gasteiger partial charge on any atom is -0.399 e. The first-order chi connectivity index (χ1) is 17.0. The van der Waals surface area contributed by atoms with Gasteiger partial charge in [-0.1, -0.05) is 96.7 Å². The molecule has 0 aliphatic carbocycles.